The molecule has 0 bridgehead atoms. The zero-order valence-corrected chi connectivity index (χ0v) is 20.0. The molecule has 0 radical (unpaired) electrons. The van der Waals surface area contributed by atoms with Crippen LogP contribution in [0.3, 0.4) is 0 Å². The van der Waals surface area contributed by atoms with Crippen LogP contribution in [-0.4, -0.2) is 5.97 Å². The van der Waals surface area contributed by atoms with Crippen molar-refractivity contribution in [3.05, 3.63) is 95.0 Å². The second kappa shape index (κ2) is 12.1. The first kappa shape index (κ1) is 25.9. The summed E-state index contributed by atoms with van der Waals surface area (Å²) in [5.41, 5.74) is 9.27. The molecule has 0 aliphatic heterocycles. The molecule has 0 saturated heterocycles. The molecule has 0 aliphatic carbocycles. The maximum atomic E-state index is 15.1. The van der Waals surface area contributed by atoms with Gasteiger partial charge in [-0.05, 0) is 42.2 Å². The lowest BCUT2D eigenvalue weighted by Gasteiger charge is -2.16. The number of benzene rings is 3. The minimum atomic E-state index is -1.00. The largest absolute Gasteiger partial charge is 0.489 e. The number of halogens is 2. The van der Waals surface area contributed by atoms with Crippen molar-refractivity contribution < 1.29 is 28.1 Å². The Morgan fingerprint density at radius 1 is 1.03 bits per heavy atom. The van der Waals surface area contributed by atoms with E-state index in [2.05, 4.69) is 4.94 Å². The van der Waals surface area contributed by atoms with Crippen LogP contribution in [0.25, 0.3) is 11.1 Å². The molecule has 2 N–H and O–H groups in total. The van der Waals surface area contributed by atoms with Gasteiger partial charge in [-0.1, -0.05) is 56.3 Å². The Balaban J connectivity index is 1.96. The van der Waals surface area contributed by atoms with E-state index in [0.717, 1.165) is 11.1 Å². The van der Waals surface area contributed by atoms with Crippen LogP contribution in [0.2, 0.25) is 0 Å². The topological polar surface area (TPSA) is 70.8 Å². The average Bonchev–Trinajstić information content (AvgIpc) is 2.87. The van der Waals surface area contributed by atoms with Gasteiger partial charge in [-0.3, -0.25) is 4.94 Å². The highest BCUT2D eigenvalue weighted by molar-refractivity contribution is 5.73. The number of hydrogen-bond acceptors (Lipinski definition) is 5. The standard InChI is InChI=1S/C28H29F2NO4/c1-4-12-33-25-11-8-19(13-24(25)23-7-5-6-22(16-31)28(23)29)17-34-26-14-20(18(2)3)9-10-21(26)15-27(32)35-30/h4-14,18H,15-17,31H2,1-3H3/b12-4-. The maximum absolute atomic E-state index is 15.1. The summed E-state index contributed by atoms with van der Waals surface area (Å²) >= 11 is 0. The van der Waals surface area contributed by atoms with Gasteiger partial charge in [0.15, 0.2) is 0 Å². The minimum absolute atomic E-state index is 0.0732. The summed E-state index contributed by atoms with van der Waals surface area (Å²) in [5.74, 6) is -0.251. The lowest BCUT2D eigenvalue weighted by molar-refractivity contribution is -0.182. The Morgan fingerprint density at radius 2 is 1.83 bits per heavy atom. The summed E-state index contributed by atoms with van der Waals surface area (Å²) in [6.07, 6.45) is 3.00. The molecule has 0 aromatic heterocycles. The van der Waals surface area contributed by atoms with Gasteiger partial charge in [0.1, 0.15) is 23.9 Å². The molecule has 184 valence electrons. The maximum Gasteiger partial charge on any atom is 0.353 e. The fourth-order valence-corrected chi connectivity index (χ4v) is 3.62. The number of ether oxygens (including phenoxy) is 2. The van der Waals surface area contributed by atoms with Crippen LogP contribution in [0.4, 0.5) is 8.92 Å². The van der Waals surface area contributed by atoms with Crippen molar-refractivity contribution in [3.8, 4) is 22.6 Å². The first-order chi connectivity index (χ1) is 16.9. The van der Waals surface area contributed by atoms with E-state index in [1.807, 2.05) is 39.0 Å². The molecule has 35 heavy (non-hydrogen) atoms. The quantitative estimate of drug-likeness (QED) is 0.333. The highest BCUT2D eigenvalue weighted by Gasteiger charge is 2.16. The molecule has 0 aliphatic rings. The van der Waals surface area contributed by atoms with Crippen molar-refractivity contribution in [3.63, 3.8) is 0 Å². The van der Waals surface area contributed by atoms with E-state index in [9.17, 15) is 9.32 Å². The lowest BCUT2D eigenvalue weighted by atomic mass is 9.99. The van der Waals surface area contributed by atoms with Crippen LogP contribution in [0.5, 0.6) is 11.5 Å². The summed E-state index contributed by atoms with van der Waals surface area (Å²) in [6, 6.07) is 15.8. The normalized spacial score (nSPS) is 11.2. The SMILES string of the molecule is C/C=C\Oc1ccc(COc2cc(C(C)C)ccc2CC(=O)OF)cc1-c1cccc(CN)c1F. The van der Waals surface area contributed by atoms with Gasteiger partial charge in [0, 0.05) is 33.3 Å². The average molecular weight is 482 g/mol. The van der Waals surface area contributed by atoms with Crippen LogP contribution >= 0.6 is 0 Å². The van der Waals surface area contributed by atoms with Gasteiger partial charge in [-0.2, -0.15) is 0 Å². The predicted molar refractivity (Wildman–Crippen MR) is 131 cm³/mol. The molecule has 7 heteroatoms. The highest BCUT2D eigenvalue weighted by Crippen LogP contribution is 2.35. The van der Waals surface area contributed by atoms with Crippen LogP contribution in [-0.2, 0) is 29.3 Å². The van der Waals surface area contributed by atoms with Crippen molar-refractivity contribution in [2.24, 2.45) is 5.73 Å². The van der Waals surface area contributed by atoms with Gasteiger partial charge in [0.25, 0.3) is 0 Å². The van der Waals surface area contributed by atoms with Gasteiger partial charge in [-0.25, -0.2) is 9.18 Å². The molecule has 0 amide bonds. The second-order valence-electron chi connectivity index (χ2n) is 8.34. The monoisotopic (exact) mass is 481 g/mol. The van der Waals surface area contributed by atoms with Gasteiger partial charge in [0.05, 0.1) is 12.7 Å². The van der Waals surface area contributed by atoms with Crippen LogP contribution in [0, 0.1) is 5.82 Å². The molecule has 0 unspecified atom stereocenters. The van der Waals surface area contributed by atoms with Crippen molar-refractivity contribution >= 4 is 5.97 Å². The summed E-state index contributed by atoms with van der Waals surface area (Å²) in [6.45, 7) is 6.10. The third kappa shape index (κ3) is 6.45. The molecule has 0 atom stereocenters. The lowest BCUT2D eigenvalue weighted by Crippen LogP contribution is -2.06. The fraction of sp³-hybridized carbons (Fsp3) is 0.250. The first-order valence-corrected chi connectivity index (χ1v) is 11.3. The van der Waals surface area contributed by atoms with E-state index in [-0.39, 0.29) is 25.5 Å². The van der Waals surface area contributed by atoms with Gasteiger partial charge >= 0.3 is 5.97 Å². The number of allylic oxidation sites excluding steroid dienone is 1. The van der Waals surface area contributed by atoms with Crippen LogP contribution in [0.1, 0.15) is 48.9 Å². The molecule has 3 rings (SSSR count). The summed E-state index contributed by atoms with van der Waals surface area (Å²) in [7, 11) is 0. The van der Waals surface area contributed by atoms with E-state index < -0.39 is 11.8 Å². The molecule has 0 fully saturated rings. The molecule has 3 aromatic carbocycles. The Kier molecular flexibility index (Phi) is 8.98. The molecular formula is C28H29F2NO4. The van der Waals surface area contributed by atoms with Crippen LogP contribution in [0.15, 0.2) is 66.9 Å². The summed E-state index contributed by atoms with van der Waals surface area (Å²) in [5, 5.41) is 0. The third-order valence-corrected chi connectivity index (χ3v) is 5.54. The van der Waals surface area contributed by atoms with Crippen molar-refractivity contribution in [1.82, 2.24) is 0 Å². The number of carbonyl (C=O) groups is 1. The fourth-order valence-electron chi connectivity index (χ4n) is 3.62. The van der Waals surface area contributed by atoms with Crippen molar-refractivity contribution in [2.75, 3.05) is 0 Å². The van der Waals surface area contributed by atoms with E-state index in [1.165, 1.54) is 6.26 Å². The molecule has 5 nitrogen and oxygen atoms in total. The second-order valence-corrected chi connectivity index (χ2v) is 8.34. The number of hydrogen-bond donors (Lipinski definition) is 1. The number of nitrogens with two attached hydrogens (primary N) is 1. The van der Waals surface area contributed by atoms with E-state index in [1.54, 1.807) is 42.5 Å². The Bertz CT molecular complexity index is 1210. The zero-order chi connectivity index (χ0) is 25.4. The molecule has 3 aromatic rings. The Hall–Kier alpha value is -3.71. The first-order valence-electron chi connectivity index (χ1n) is 11.3. The van der Waals surface area contributed by atoms with E-state index in [4.69, 9.17) is 15.2 Å². The van der Waals surface area contributed by atoms with Crippen molar-refractivity contribution in [1.29, 1.82) is 0 Å². The highest BCUT2D eigenvalue weighted by atomic mass is 19.3. The smallest absolute Gasteiger partial charge is 0.353 e. The number of rotatable bonds is 10. The third-order valence-electron chi connectivity index (χ3n) is 5.54. The number of carbonyl (C=O) groups excluding carboxylic acids is 1. The Morgan fingerprint density at radius 3 is 2.51 bits per heavy atom. The Labute approximate surface area is 204 Å². The van der Waals surface area contributed by atoms with E-state index >= 15 is 4.39 Å². The van der Waals surface area contributed by atoms with Crippen molar-refractivity contribution in [2.45, 2.75) is 46.3 Å². The summed E-state index contributed by atoms with van der Waals surface area (Å²) in [4.78, 5) is 14.9. The predicted octanol–water partition coefficient (Wildman–Crippen LogP) is 6.54. The molecule has 0 heterocycles. The zero-order valence-electron chi connectivity index (χ0n) is 20.0. The van der Waals surface area contributed by atoms with Gasteiger partial charge in [0.2, 0.25) is 0 Å². The molecule has 0 saturated carbocycles. The van der Waals surface area contributed by atoms with Gasteiger partial charge < -0.3 is 15.2 Å². The van der Waals surface area contributed by atoms with E-state index in [0.29, 0.717) is 33.8 Å². The molecular weight excluding hydrogens is 452 g/mol. The minimum Gasteiger partial charge on any atom is -0.489 e. The molecule has 0 spiro atoms. The summed E-state index contributed by atoms with van der Waals surface area (Å²) < 4.78 is 39.2. The van der Waals surface area contributed by atoms with Gasteiger partial charge in [-0.15, -0.1) is 0 Å². The van der Waals surface area contributed by atoms with Crippen LogP contribution < -0.4 is 15.2 Å².